The third-order valence-corrected chi connectivity index (χ3v) is 4.64. The molecule has 0 aliphatic heterocycles. The van der Waals surface area contributed by atoms with Crippen molar-refractivity contribution in [2.75, 3.05) is 0 Å². The molecule has 1 heterocycles. The van der Waals surface area contributed by atoms with Crippen molar-refractivity contribution in [1.82, 2.24) is 14.8 Å². The number of benzene rings is 2. The minimum absolute atomic E-state index is 0.0751. The zero-order valence-electron chi connectivity index (χ0n) is 13.5. The zero-order chi connectivity index (χ0) is 18.1. The van der Waals surface area contributed by atoms with Crippen molar-refractivity contribution in [2.45, 2.75) is 24.7 Å². The minimum Gasteiger partial charge on any atom is -0.382 e. The van der Waals surface area contributed by atoms with Gasteiger partial charge in [0.15, 0.2) is 0 Å². The molecule has 0 amide bonds. The summed E-state index contributed by atoms with van der Waals surface area (Å²) in [4.78, 5) is 3.86. The van der Waals surface area contributed by atoms with Gasteiger partial charge in [0.05, 0.1) is 6.54 Å². The van der Waals surface area contributed by atoms with E-state index in [4.69, 9.17) is 11.6 Å². The number of halogens is 2. The Bertz CT molecular complexity index is 836. The molecule has 0 fully saturated rings. The van der Waals surface area contributed by atoms with Crippen LogP contribution in [0.2, 0.25) is 5.02 Å². The van der Waals surface area contributed by atoms with Crippen LogP contribution in [0.5, 0.6) is 0 Å². The normalized spacial score (nSPS) is 16.2. The maximum absolute atomic E-state index is 13.3. The van der Waals surface area contributed by atoms with E-state index in [-0.39, 0.29) is 6.54 Å². The van der Waals surface area contributed by atoms with Crippen molar-refractivity contribution in [3.8, 4) is 0 Å². The average Bonchev–Trinajstić information content (AvgIpc) is 3.08. The number of aromatic nitrogens is 3. The van der Waals surface area contributed by atoms with Gasteiger partial charge < -0.3 is 10.2 Å². The van der Waals surface area contributed by atoms with Gasteiger partial charge in [-0.15, -0.1) is 0 Å². The molecular weight excluding hydrogens is 345 g/mol. The molecule has 130 valence electrons. The molecule has 2 N–H and O–H groups in total. The number of rotatable bonds is 5. The lowest BCUT2D eigenvalue weighted by Gasteiger charge is -2.42. The van der Waals surface area contributed by atoms with E-state index in [9.17, 15) is 14.6 Å². The molecule has 2 atom stereocenters. The monoisotopic (exact) mass is 361 g/mol. The highest BCUT2D eigenvalue weighted by Crippen LogP contribution is 2.42. The van der Waals surface area contributed by atoms with Gasteiger partial charge in [-0.05, 0) is 42.3 Å². The van der Waals surface area contributed by atoms with Gasteiger partial charge in [0.25, 0.3) is 0 Å². The van der Waals surface area contributed by atoms with Crippen molar-refractivity contribution >= 4 is 11.6 Å². The fourth-order valence-electron chi connectivity index (χ4n) is 2.81. The van der Waals surface area contributed by atoms with Gasteiger partial charge in [0.1, 0.15) is 29.7 Å². The molecular formula is C18H17ClFN3O2. The molecule has 0 spiro atoms. The molecule has 0 saturated carbocycles. The Morgan fingerprint density at radius 2 is 1.64 bits per heavy atom. The average molecular weight is 362 g/mol. The minimum atomic E-state index is -1.79. The van der Waals surface area contributed by atoms with Crippen LogP contribution in [0.4, 0.5) is 4.39 Å². The van der Waals surface area contributed by atoms with Gasteiger partial charge >= 0.3 is 0 Å². The first-order chi connectivity index (χ1) is 11.8. The molecule has 0 aliphatic rings. The lowest BCUT2D eigenvalue weighted by Crippen LogP contribution is -2.50. The molecule has 0 aliphatic carbocycles. The van der Waals surface area contributed by atoms with Crippen molar-refractivity contribution in [1.29, 1.82) is 0 Å². The maximum Gasteiger partial charge on any atom is 0.142 e. The van der Waals surface area contributed by atoms with Crippen LogP contribution in [0.25, 0.3) is 0 Å². The summed E-state index contributed by atoms with van der Waals surface area (Å²) in [6.45, 7) is 1.42. The lowest BCUT2D eigenvalue weighted by molar-refractivity contribution is -0.164. The highest BCUT2D eigenvalue weighted by Gasteiger charge is 2.49. The van der Waals surface area contributed by atoms with Crippen LogP contribution in [0.3, 0.4) is 0 Å². The Hall–Kier alpha value is -2.28. The van der Waals surface area contributed by atoms with Crippen LogP contribution in [0, 0.1) is 5.82 Å². The zero-order valence-corrected chi connectivity index (χ0v) is 14.2. The lowest BCUT2D eigenvalue weighted by atomic mass is 9.74. The summed E-state index contributed by atoms with van der Waals surface area (Å²) in [6.07, 6.45) is 2.77. The van der Waals surface area contributed by atoms with E-state index in [1.807, 2.05) is 0 Å². The molecule has 25 heavy (non-hydrogen) atoms. The third kappa shape index (κ3) is 3.28. The third-order valence-electron chi connectivity index (χ3n) is 4.39. The summed E-state index contributed by atoms with van der Waals surface area (Å²) >= 11 is 5.92. The van der Waals surface area contributed by atoms with Crippen LogP contribution >= 0.6 is 11.6 Å². The summed E-state index contributed by atoms with van der Waals surface area (Å²) in [5.41, 5.74) is -2.68. The van der Waals surface area contributed by atoms with Gasteiger partial charge in [-0.3, -0.25) is 0 Å². The molecule has 3 aromatic rings. The highest BCUT2D eigenvalue weighted by atomic mass is 35.5. The second-order valence-corrected chi connectivity index (χ2v) is 6.48. The molecule has 1 aromatic heterocycles. The van der Waals surface area contributed by atoms with E-state index in [1.165, 1.54) is 48.5 Å². The molecule has 0 bridgehead atoms. The van der Waals surface area contributed by atoms with Crippen molar-refractivity contribution in [3.63, 3.8) is 0 Å². The largest absolute Gasteiger partial charge is 0.382 e. The fourth-order valence-corrected chi connectivity index (χ4v) is 2.94. The van der Waals surface area contributed by atoms with E-state index >= 15 is 0 Å². The number of hydrogen-bond donors (Lipinski definition) is 2. The molecule has 0 saturated heterocycles. The number of hydrogen-bond acceptors (Lipinski definition) is 4. The number of aliphatic hydroxyl groups is 2. The van der Waals surface area contributed by atoms with Crippen molar-refractivity contribution in [2.24, 2.45) is 0 Å². The fraction of sp³-hybridized carbons (Fsp3) is 0.222. The SMILES string of the molecule is C[C@](O)(c1ccc(Cl)cc1)[C@](O)(Cn1cncn1)c1ccc(F)cc1. The van der Waals surface area contributed by atoms with Gasteiger partial charge in [0.2, 0.25) is 0 Å². The Morgan fingerprint density at radius 3 is 2.20 bits per heavy atom. The summed E-state index contributed by atoms with van der Waals surface area (Å²) < 4.78 is 14.7. The quantitative estimate of drug-likeness (QED) is 0.733. The topological polar surface area (TPSA) is 71.2 Å². The van der Waals surface area contributed by atoms with E-state index in [0.29, 0.717) is 16.1 Å². The van der Waals surface area contributed by atoms with Crippen LogP contribution in [0.15, 0.2) is 61.2 Å². The van der Waals surface area contributed by atoms with E-state index < -0.39 is 17.0 Å². The standard InChI is InChI=1S/C18H17ClFN3O2/c1-17(24,13-2-6-15(19)7-3-13)18(25,10-23-12-21-11-22-23)14-4-8-16(20)9-5-14/h2-9,11-12,24-25H,10H2,1H3/t17-,18-/m0/s1. The van der Waals surface area contributed by atoms with Gasteiger partial charge in [-0.2, -0.15) is 5.10 Å². The molecule has 3 rings (SSSR count). The predicted molar refractivity (Wildman–Crippen MR) is 91.3 cm³/mol. The Labute approximate surface area is 149 Å². The molecule has 0 radical (unpaired) electrons. The van der Waals surface area contributed by atoms with Crippen molar-refractivity contribution < 1.29 is 14.6 Å². The first kappa shape index (κ1) is 17.5. The smallest absolute Gasteiger partial charge is 0.142 e. The second-order valence-electron chi connectivity index (χ2n) is 6.04. The van der Waals surface area contributed by atoms with E-state index in [2.05, 4.69) is 10.1 Å². The van der Waals surface area contributed by atoms with Crippen LogP contribution in [0.1, 0.15) is 18.1 Å². The first-order valence-electron chi connectivity index (χ1n) is 7.62. The maximum atomic E-state index is 13.3. The molecule has 5 nitrogen and oxygen atoms in total. The summed E-state index contributed by atoms with van der Waals surface area (Å²) in [5, 5.41) is 27.3. The molecule has 0 unspecified atom stereocenters. The predicted octanol–water partition coefficient (Wildman–Crippen LogP) is 2.87. The highest BCUT2D eigenvalue weighted by molar-refractivity contribution is 6.30. The first-order valence-corrected chi connectivity index (χ1v) is 8.00. The summed E-state index contributed by atoms with van der Waals surface area (Å²) in [5.74, 6) is -0.432. The van der Waals surface area contributed by atoms with Crippen LogP contribution in [-0.2, 0) is 17.7 Å². The Kier molecular flexibility index (Phi) is 4.60. The summed E-state index contributed by atoms with van der Waals surface area (Å²) in [6, 6.07) is 11.9. The molecule has 7 heteroatoms. The van der Waals surface area contributed by atoms with Crippen molar-refractivity contribution in [3.05, 3.63) is 83.2 Å². The number of nitrogens with zero attached hydrogens (tertiary/aromatic N) is 3. The van der Waals surface area contributed by atoms with Crippen LogP contribution in [-0.4, -0.2) is 25.0 Å². The second kappa shape index (κ2) is 6.55. The summed E-state index contributed by atoms with van der Waals surface area (Å²) in [7, 11) is 0. The van der Waals surface area contributed by atoms with Gasteiger partial charge in [-0.25, -0.2) is 14.1 Å². The Balaban J connectivity index is 2.12. The molecule has 2 aromatic carbocycles. The van der Waals surface area contributed by atoms with E-state index in [0.717, 1.165) is 0 Å². The van der Waals surface area contributed by atoms with Gasteiger partial charge in [0, 0.05) is 5.02 Å². The Morgan fingerprint density at radius 1 is 1.04 bits per heavy atom. The van der Waals surface area contributed by atoms with Crippen LogP contribution < -0.4 is 0 Å². The van der Waals surface area contributed by atoms with Gasteiger partial charge in [-0.1, -0.05) is 35.9 Å². The van der Waals surface area contributed by atoms with E-state index in [1.54, 1.807) is 24.3 Å².